The number of anilines is 1. The summed E-state index contributed by atoms with van der Waals surface area (Å²) in [5, 5.41) is 13.4. The molecule has 23 heavy (non-hydrogen) atoms. The molecular weight excluding hydrogens is 296 g/mol. The maximum atomic E-state index is 12.1. The number of non-ortho nitro benzene ring substituents is 1. The first-order valence-corrected chi connectivity index (χ1v) is 7.16. The fourth-order valence-corrected chi connectivity index (χ4v) is 1.99. The molecule has 1 amide bonds. The standard InChI is InChI=1S/C17H18N2O4/c1-11-7-8-16(9-12(11)2)23-13(3)17(20)18-14-5-4-6-15(10-14)19(21)22/h4-10,13H,1-3H3,(H,18,20). The number of nitro benzene ring substituents is 1. The van der Waals surface area contributed by atoms with E-state index in [1.807, 2.05) is 26.0 Å². The van der Waals surface area contributed by atoms with Crippen molar-refractivity contribution in [3.63, 3.8) is 0 Å². The predicted octanol–water partition coefficient (Wildman–Crippen LogP) is 3.62. The summed E-state index contributed by atoms with van der Waals surface area (Å²) in [5.41, 5.74) is 2.50. The minimum atomic E-state index is -0.726. The highest BCUT2D eigenvalue weighted by atomic mass is 16.6. The topological polar surface area (TPSA) is 81.5 Å². The van der Waals surface area contributed by atoms with Gasteiger partial charge in [-0.25, -0.2) is 0 Å². The Labute approximate surface area is 134 Å². The maximum Gasteiger partial charge on any atom is 0.271 e. The van der Waals surface area contributed by atoms with Crippen molar-refractivity contribution in [1.82, 2.24) is 0 Å². The van der Waals surface area contributed by atoms with E-state index in [0.717, 1.165) is 11.1 Å². The first-order chi connectivity index (χ1) is 10.9. The Balaban J connectivity index is 2.03. The van der Waals surface area contributed by atoms with Gasteiger partial charge in [0.25, 0.3) is 11.6 Å². The van der Waals surface area contributed by atoms with Crippen LogP contribution in [0.4, 0.5) is 11.4 Å². The molecule has 1 N–H and O–H groups in total. The van der Waals surface area contributed by atoms with E-state index in [1.165, 1.54) is 18.2 Å². The molecule has 0 aliphatic heterocycles. The zero-order valence-corrected chi connectivity index (χ0v) is 13.2. The van der Waals surface area contributed by atoms with E-state index in [0.29, 0.717) is 11.4 Å². The third-order valence-electron chi connectivity index (χ3n) is 3.48. The highest BCUT2D eigenvalue weighted by molar-refractivity contribution is 5.94. The molecule has 0 aromatic heterocycles. The SMILES string of the molecule is Cc1ccc(OC(C)C(=O)Nc2cccc([N+](=O)[O-])c2)cc1C. The molecule has 120 valence electrons. The molecule has 0 heterocycles. The van der Waals surface area contributed by atoms with Crippen LogP contribution in [-0.2, 0) is 4.79 Å². The first kappa shape index (κ1) is 16.5. The largest absolute Gasteiger partial charge is 0.481 e. The second-order valence-corrected chi connectivity index (χ2v) is 5.30. The highest BCUT2D eigenvalue weighted by Gasteiger charge is 2.16. The lowest BCUT2D eigenvalue weighted by molar-refractivity contribution is -0.384. The summed E-state index contributed by atoms with van der Waals surface area (Å²) in [6.07, 6.45) is -0.726. The summed E-state index contributed by atoms with van der Waals surface area (Å²) in [4.78, 5) is 22.4. The molecule has 0 saturated carbocycles. The number of rotatable bonds is 5. The molecule has 1 atom stereocenters. The summed E-state index contributed by atoms with van der Waals surface area (Å²) in [6.45, 7) is 5.59. The normalized spacial score (nSPS) is 11.6. The highest BCUT2D eigenvalue weighted by Crippen LogP contribution is 2.20. The molecule has 0 aliphatic rings. The number of carbonyl (C=O) groups excluding carboxylic acids is 1. The van der Waals surface area contributed by atoms with Crippen LogP contribution in [0, 0.1) is 24.0 Å². The second-order valence-electron chi connectivity index (χ2n) is 5.30. The Bertz CT molecular complexity index is 743. The molecule has 2 rings (SSSR count). The third-order valence-corrected chi connectivity index (χ3v) is 3.48. The van der Waals surface area contributed by atoms with Crippen molar-refractivity contribution in [3.8, 4) is 5.75 Å². The molecule has 0 spiro atoms. The number of nitrogens with zero attached hydrogens (tertiary/aromatic N) is 1. The number of hydrogen-bond donors (Lipinski definition) is 1. The number of nitrogens with one attached hydrogen (secondary N) is 1. The Morgan fingerprint density at radius 3 is 2.57 bits per heavy atom. The maximum absolute atomic E-state index is 12.1. The van der Waals surface area contributed by atoms with Gasteiger partial charge in [-0.3, -0.25) is 14.9 Å². The molecule has 0 bridgehead atoms. The van der Waals surface area contributed by atoms with Crippen molar-refractivity contribution in [3.05, 3.63) is 63.7 Å². The van der Waals surface area contributed by atoms with E-state index in [1.54, 1.807) is 19.1 Å². The van der Waals surface area contributed by atoms with Gasteiger partial charge in [-0.05, 0) is 50.1 Å². The predicted molar refractivity (Wildman–Crippen MR) is 87.7 cm³/mol. The minimum absolute atomic E-state index is 0.0782. The molecule has 6 heteroatoms. The third kappa shape index (κ3) is 4.29. The Morgan fingerprint density at radius 1 is 1.17 bits per heavy atom. The van der Waals surface area contributed by atoms with Gasteiger partial charge in [-0.2, -0.15) is 0 Å². The molecule has 6 nitrogen and oxygen atoms in total. The smallest absolute Gasteiger partial charge is 0.271 e. The van der Waals surface area contributed by atoms with Gasteiger partial charge in [0.15, 0.2) is 6.10 Å². The van der Waals surface area contributed by atoms with Crippen LogP contribution in [0.3, 0.4) is 0 Å². The fraction of sp³-hybridized carbons (Fsp3) is 0.235. The van der Waals surface area contributed by atoms with Gasteiger partial charge < -0.3 is 10.1 Å². The molecule has 0 saturated heterocycles. The molecule has 2 aromatic carbocycles. The van der Waals surface area contributed by atoms with Crippen LogP contribution in [0.2, 0.25) is 0 Å². The zero-order valence-electron chi connectivity index (χ0n) is 13.2. The Kier molecular flexibility index (Phi) is 4.95. The van der Waals surface area contributed by atoms with Gasteiger partial charge in [0.05, 0.1) is 4.92 Å². The van der Waals surface area contributed by atoms with Crippen LogP contribution in [0.1, 0.15) is 18.1 Å². The van der Waals surface area contributed by atoms with Crippen molar-refractivity contribution in [2.24, 2.45) is 0 Å². The first-order valence-electron chi connectivity index (χ1n) is 7.16. The van der Waals surface area contributed by atoms with E-state index >= 15 is 0 Å². The van der Waals surface area contributed by atoms with E-state index in [2.05, 4.69) is 5.32 Å². The van der Waals surface area contributed by atoms with E-state index in [4.69, 9.17) is 4.74 Å². The lowest BCUT2D eigenvalue weighted by atomic mass is 10.1. The van der Waals surface area contributed by atoms with Gasteiger partial charge >= 0.3 is 0 Å². The zero-order chi connectivity index (χ0) is 17.0. The van der Waals surface area contributed by atoms with Gasteiger partial charge in [0, 0.05) is 17.8 Å². The van der Waals surface area contributed by atoms with Crippen molar-refractivity contribution in [2.75, 3.05) is 5.32 Å². The quantitative estimate of drug-likeness (QED) is 0.675. The number of amides is 1. The van der Waals surface area contributed by atoms with Gasteiger partial charge in [0.2, 0.25) is 0 Å². The van der Waals surface area contributed by atoms with Crippen molar-refractivity contribution < 1.29 is 14.5 Å². The summed E-state index contributed by atoms with van der Waals surface area (Å²) in [6, 6.07) is 11.4. The number of nitro groups is 1. The van der Waals surface area contributed by atoms with Crippen molar-refractivity contribution in [2.45, 2.75) is 26.9 Å². The second kappa shape index (κ2) is 6.91. The van der Waals surface area contributed by atoms with Crippen LogP contribution in [0.25, 0.3) is 0 Å². The average Bonchev–Trinajstić information content (AvgIpc) is 2.51. The van der Waals surface area contributed by atoms with Crippen LogP contribution in [0.15, 0.2) is 42.5 Å². The number of hydrogen-bond acceptors (Lipinski definition) is 4. The average molecular weight is 314 g/mol. The molecule has 0 aliphatic carbocycles. The fourth-order valence-electron chi connectivity index (χ4n) is 1.99. The molecule has 2 aromatic rings. The minimum Gasteiger partial charge on any atom is -0.481 e. The van der Waals surface area contributed by atoms with Crippen LogP contribution >= 0.6 is 0 Å². The number of aryl methyl sites for hydroxylation is 2. The molecule has 1 unspecified atom stereocenters. The summed E-state index contributed by atoms with van der Waals surface area (Å²) < 4.78 is 5.62. The van der Waals surface area contributed by atoms with Crippen molar-refractivity contribution in [1.29, 1.82) is 0 Å². The van der Waals surface area contributed by atoms with Crippen LogP contribution in [0.5, 0.6) is 5.75 Å². The van der Waals surface area contributed by atoms with E-state index in [9.17, 15) is 14.9 Å². The van der Waals surface area contributed by atoms with Crippen molar-refractivity contribution >= 4 is 17.3 Å². The summed E-state index contributed by atoms with van der Waals surface area (Å²) in [7, 11) is 0. The molecular formula is C17H18N2O4. The molecule has 0 fully saturated rings. The van der Waals surface area contributed by atoms with Crippen LogP contribution < -0.4 is 10.1 Å². The lowest BCUT2D eigenvalue weighted by Crippen LogP contribution is -2.30. The van der Waals surface area contributed by atoms with Crippen LogP contribution in [-0.4, -0.2) is 16.9 Å². The number of benzene rings is 2. The van der Waals surface area contributed by atoms with Gasteiger partial charge in [-0.15, -0.1) is 0 Å². The Hall–Kier alpha value is -2.89. The number of ether oxygens (including phenoxy) is 1. The van der Waals surface area contributed by atoms with Gasteiger partial charge in [0.1, 0.15) is 5.75 Å². The van der Waals surface area contributed by atoms with Gasteiger partial charge in [-0.1, -0.05) is 12.1 Å². The van der Waals surface area contributed by atoms with E-state index < -0.39 is 11.0 Å². The summed E-state index contributed by atoms with van der Waals surface area (Å²) >= 11 is 0. The summed E-state index contributed by atoms with van der Waals surface area (Å²) in [5.74, 6) is 0.235. The monoisotopic (exact) mass is 314 g/mol. The Morgan fingerprint density at radius 2 is 1.91 bits per heavy atom. The van der Waals surface area contributed by atoms with E-state index in [-0.39, 0.29) is 11.6 Å². The molecule has 0 radical (unpaired) electrons. The lowest BCUT2D eigenvalue weighted by Gasteiger charge is -2.15. The number of carbonyl (C=O) groups is 1.